The molecule has 1 rings (SSSR count). The fraction of sp³-hybridized carbons (Fsp3) is 0.111. The Morgan fingerprint density at radius 2 is 1.65 bits per heavy atom. The normalized spacial score (nSPS) is 7.76. The van der Waals surface area contributed by atoms with E-state index in [0.29, 0.717) is 5.75 Å². The van der Waals surface area contributed by atoms with E-state index in [2.05, 4.69) is 0 Å². The molecule has 0 aliphatic heterocycles. The van der Waals surface area contributed by atoms with Crippen molar-refractivity contribution >= 4 is 11.9 Å². The van der Waals surface area contributed by atoms with Gasteiger partial charge in [-0.15, -0.1) is 0 Å². The number of aliphatic carboxylic acids is 1. The third-order valence-corrected chi connectivity index (χ3v) is 1.46. The molecule has 0 heterocycles. The van der Waals surface area contributed by atoms with Gasteiger partial charge in [0.05, 0.1) is 11.5 Å². The van der Waals surface area contributed by atoms with E-state index in [4.69, 9.17) is 9.84 Å². The average Bonchev–Trinajstić information content (AvgIpc) is 2.15. The van der Waals surface area contributed by atoms with E-state index in [1.165, 1.54) is 24.3 Å². The molecule has 90 valence electrons. The third kappa shape index (κ3) is 7.72. The third-order valence-electron chi connectivity index (χ3n) is 1.46. The molecule has 7 nitrogen and oxygen atoms in total. The molecule has 0 aliphatic rings. The Kier molecular flexibility index (Phi) is 12.5. The summed E-state index contributed by atoms with van der Waals surface area (Å²) in [5.41, 5.74) is 0.116. The van der Waals surface area contributed by atoms with Gasteiger partial charge >= 0.3 is 35.5 Å². The molecule has 0 atom stereocenters. The Balaban J connectivity index is -0.000000653. The van der Waals surface area contributed by atoms with Crippen molar-refractivity contribution in [3.8, 4) is 5.75 Å². The van der Waals surface area contributed by atoms with Gasteiger partial charge in [-0.1, -0.05) is 0 Å². The van der Waals surface area contributed by atoms with E-state index in [0.717, 1.165) is 0 Å². The second kappa shape index (κ2) is 10.1. The smallest absolute Gasteiger partial charge is 0.546 e. The number of benzene rings is 1. The number of carboxylic acid groups (broad SMARTS) is 2. The van der Waals surface area contributed by atoms with Crippen LogP contribution in [0, 0.1) is 0 Å². The fourth-order valence-corrected chi connectivity index (χ4v) is 0.836. The first kappa shape index (κ1) is 21.2. The summed E-state index contributed by atoms with van der Waals surface area (Å²) in [6, 6.07) is 5.42. The van der Waals surface area contributed by atoms with Gasteiger partial charge in [0, 0.05) is 0 Å². The summed E-state index contributed by atoms with van der Waals surface area (Å²) in [4.78, 5) is 20.5. The van der Waals surface area contributed by atoms with Crippen LogP contribution in [0.3, 0.4) is 0 Å². The van der Waals surface area contributed by atoms with Gasteiger partial charge in [0.25, 0.3) is 0 Å². The molecule has 0 fully saturated rings. The quantitative estimate of drug-likeness (QED) is 0.533. The van der Waals surface area contributed by atoms with E-state index in [1.54, 1.807) is 0 Å². The number of ether oxygens (including phenoxy) is 1. The summed E-state index contributed by atoms with van der Waals surface area (Å²) < 4.78 is 4.75. The summed E-state index contributed by atoms with van der Waals surface area (Å²) in [6.07, 6.45) is 0. The van der Waals surface area contributed by atoms with E-state index in [-0.39, 0.29) is 46.1 Å². The van der Waals surface area contributed by atoms with Crippen LogP contribution in [0.1, 0.15) is 10.4 Å². The molecule has 0 radical (unpaired) electrons. The van der Waals surface area contributed by atoms with Crippen molar-refractivity contribution < 1.29 is 65.0 Å². The second-order valence-corrected chi connectivity index (χ2v) is 2.49. The SMILES string of the molecule is O.O.O=C([O-])COc1ccc(C(=O)O)cc1.[Na+]. The Morgan fingerprint density at radius 1 is 1.18 bits per heavy atom. The zero-order valence-electron chi connectivity index (χ0n) is 9.10. The Labute approximate surface area is 119 Å². The van der Waals surface area contributed by atoms with E-state index < -0.39 is 18.5 Å². The molecule has 5 N–H and O–H groups in total. The first-order valence-electron chi connectivity index (χ1n) is 3.75. The summed E-state index contributed by atoms with van der Waals surface area (Å²) in [7, 11) is 0. The van der Waals surface area contributed by atoms with E-state index >= 15 is 0 Å². The molecule has 0 saturated carbocycles. The molecule has 0 aromatic heterocycles. The predicted octanol–water partition coefficient (Wildman–Crippen LogP) is -5.13. The van der Waals surface area contributed by atoms with Crippen LogP contribution in [0.4, 0.5) is 0 Å². The van der Waals surface area contributed by atoms with Crippen molar-refractivity contribution in [2.24, 2.45) is 0 Å². The maximum absolute atomic E-state index is 10.4. The number of hydrogen-bond acceptors (Lipinski definition) is 4. The van der Waals surface area contributed by atoms with Crippen LogP contribution >= 0.6 is 0 Å². The van der Waals surface area contributed by atoms with Crippen LogP contribution in [0.25, 0.3) is 0 Å². The van der Waals surface area contributed by atoms with Gasteiger partial charge in [-0.25, -0.2) is 4.79 Å². The molecule has 0 saturated heterocycles. The number of carbonyl (C=O) groups is 2. The first-order chi connectivity index (χ1) is 6.59. The van der Waals surface area contributed by atoms with Gasteiger partial charge in [0.1, 0.15) is 12.4 Å². The Morgan fingerprint density at radius 3 is 2.00 bits per heavy atom. The van der Waals surface area contributed by atoms with Crippen LogP contribution < -0.4 is 39.4 Å². The van der Waals surface area contributed by atoms with Gasteiger partial charge in [0.2, 0.25) is 0 Å². The molecule has 0 amide bonds. The molecule has 8 heteroatoms. The topological polar surface area (TPSA) is 150 Å². The first-order valence-corrected chi connectivity index (χ1v) is 3.75. The predicted molar refractivity (Wildman–Crippen MR) is 51.1 cm³/mol. The van der Waals surface area contributed by atoms with E-state index in [1.807, 2.05) is 0 Å². The van der Waals surface area contributed by atoms with E-state index in [9.17, 15) is 14.7 Å². The molecule has 1 aromatic carbocycles. The molecule has 0 aliphatic carbocycles. The number of carbonyl (C=O) groups excluding carboxylic acids is 1. The van der Waals surface area contributed by atoms with Gasteiger partial charge in [-0.2, -0.15) is 0 Å². The standard InChI is InChI=1S/C9H8O5.Na.2H2O/c10-8(11)5-14-7-3-1-6(2-4-7)9(12)13;;;/h1-4H,5H2,(H,10,11)(H,12,13);;2*1H2/q;+1;;/p-1. The fourth-order valence-electron chi connectivity index (χ4n) is 0.836. The van der Waals surface area contributed by atoms with Crippen LogP contribution in [0.5, 0.6) is 5.75 Å². The van der Waals surface area contributed by atoms with Crippen LogP contribution in [-0.4, -0.2) is 34.6 Å². The Hall–Kier alpha value is -1.12. The summed E-state index contributed by atoms with van der Waals surface area (Å²) in [6.45, 7) is -0.549. The minimum atomic E-state index is -1.33. The minimum Gasteiger partial charge on any atom is -0.546 e. The zero-order chi connectivity index (χ0) is 10.6. The largest absolute Gasteiger partial charge is 1.00 e. The summed E-state index contributed by atoms with van der Waals surface area (Å²) in [5.74, 6) is -2.08. The molecule has 0 spiro atoms. The zero-order valence-corrected chi connectivity index (χ0v) is 11.1. The molecular formula is C9H11NaO7. The van der Waals surface area contributed by atoms with Gasteiger partial charge in [-0.3, -0.25) is 0 Å². The van der Waals surface area contributed by atoms with Crippen LogP contribution in [0.2, 0.25) is 0 Å². The number of hydrogen-bond donors (Lipinski definition) is 1. The van der Waals surface area contributed by atoms with Crippen LogP contribution in [-0.2, 0) is 4.79 Å². The van der Waals surface area contributed by atoms with Gasteiger partial charge in [-0.05, 0) is 24.3 Å². The van der Waals surface area contributed by atoms with Crippen molar-refractivity contribution in [2.75, 3.05) is 6.61 Å². The van der Waals surface area contributed by atoms with Gasteiger partial charge in [0.15, 0.2) is 0 Å². The van der Waals surface area contributed by atoms with Crippen LogP contribution in [0.15, 0.2) is 24.3 Å². The van der Waals surface area contributed by atoms with Crippen molar-refractivity contribution in [3.05, 3.63) is 29.8 Å². The van der Waals surface area contributed by atoms with Crippen molar-refractivity contribution in [1.82, 2.24) is 0 Å². The molecule has 17 heavy (non-hydrogen) atoms. The maximum Gasteiger partial charge on any atom is 1.00 e. The molecule has 1 aromatic rings. The van der Waals surface area contributed by atoms with Crippen molar-refractivity contribution in [2.45, 2.75) is 0 Å². The average molecular weight is 254 g/mol. The molecular weight excluding hydrogens is 243 g/mol. The number of carboxylic acids is 2. The summed E-state index contributed by atoms with van der Waals surface area (Å²) >= 11 is 0. The van der Waals surface area contributed by atoms with Crippen molar-refractivity contribution in [1.29, 1.82) is 0 Å². The number of aromatic carboxylic acids is 1. The van der Waals surface area contributed by atoms with Crippen molar-refractivity contribution in [3.63, 3.8) is 0 Å². The second-order valence-electron chi connectivity index (χ2n) is 2.49. The Bertz CT molecular complexity index is 349. The maximum atomic E-state index is 10.4. The number of rotatable bonds is 4. The summed E-state index contributed by atoms with van der Waals surface area (Å²) in [5, 5.41) is 18.6. The van der Waals surface area contributed by atoms with Gasteiger partial charge < -0.3 is 30.7 Å². The minimum absolute atomic E-state index is 0. The molecule has 0 bridgehead atoms. The molecule has 0 unspecified atom stereocenters. The monoisotopic (exact) mass is 254 g/mol.